The Morgan fingerprint density at radius 1 is 1.40 bits per heavy atom. The molecule has 1 heterocycles. The number of carbonyl (C=O) groups is 2. The molecule has 9 heteroatoms. The molecule has 4 N–H and O–H groups in total. The van der Waals surface area contributed by atoms with E-state index in [2.05, 4.69) is 20.8 Å². The van der Waals surface area contributed by atoms with E-state index in [1.54, 1.807) is 11.8 Å². The third-order valence-corrected chi connectivity index (χ3v) is 4.19. The van der Waals surface area contributed by atoms with E-state index in [4.69, 9.17) is 5.73 Å². The number of hydrogen-bond acceptors (Lipinski definition) is 6. The number of rotatable bonds is 7. The first kappa shape index (κ1) is 16.7. The molecule has 0 aliphatic carbocycles. The largest absolute Gasteiger partial charge is 0.352 e. The van der Waals surface area contributed by atoms with Crippen molar-refractivity contribution < 1.29 is 9.59 Å². The minimum Gasteiger partial charge on any atom is -0.352 e. The highest BCUT2D eigenvalue weighted by Gasteiger charge is 2.21. The Morgan fingerprint density at radius 3 is 2.60 bits per heavy atom. The van der Waals surface area contributed by atoms with Crippen molar-refractivity contribution in [3.05, 3.63) is 5.01 Å². The van der Waals surface area contributed by atoms with Crippen LogP contribution in [0.15, 0.2) is 0 Å². The summed E-state index contributed by atoms with van der Waals surface area (Å²) in [7, 11) is 0. The van der Waals surface area contributed by atoms with Gasteiger partial charge in [0.15, 0.2) is 0 Å². The van der Waals surface area contributed by atoms with Gasteiger partial charge in [-0.2, -0.15) is 11.8 Å². The van der Waals surface area contributed by atoms with Crippen LogP contribution >= 0.6 is 23.1 Å². The molecule has 0 aliphatic rings. The molecule has 0 spiro atoms. The van der Waals surface area contributed by atoms with Crippen LogP contribution in [0, 0.1) is 0 Å². The predicted octanol–water partition coefficient (Wildman–Crippen LogP) is 1.39. The Kier molecular flexibility index (Phi) is 6.73. The zero-order chi connectivity index (χ0) is 15.1. The van der Waals surface area contributed by atoms with Crippen LogP contribution in [0.3, 0.4) is 0 Å². The highest BCUT2D eigenvalue weighted by atomic mass is 32.2. The van der Waals surface area contributed by atoms with Crippen molar-refractivity contribution >= 4 is 40.2 Å². The molecule has 0 saturated carbocycles. The van der Waals surface area contributed by atoms with Gasteiger partial charge in [0.05, 0.1) is 0 Å². The minimum atomic E-state index is -0.716. The Balaban J connectivity index is 2.65. The zero-order valence-electron chi connectivity index (χ0n) is 11.7. The molecule has 112 valence electrons. The molecule has 1 rings (SSSR count). The fraction of sp³-hybridized carbons (Fsp3) is 0.636. The monoisotopic (exact) mass is 317 g/mol. The summed E-state index contributed by atoms with van der Waals surface area (Å²) in [6, 6.07) is -1.38. The molecule has 1 atom stereocenters. The maximum atomic E-state index is 12.1. The molecule has 0 radical (unpaired) electrons. The van der Waals surface area contributed by atoms with E-state index < -0.39 is 12.1 Å². The van der Waals surface area contributed by atoms with Crippen molar-refractivity contribution in [2.45, 2.75) is 32.2 Å². The van der Waals surface area contributed by atoms with E-state index in [1.807, 2.05) is 20.1 Å². The van der Waals surface area contributed by atoms with Crippen molar-refractivity contribution in [3.8, 4) is 0 Å². The van der Waals surface area contributed by atoms with E-state index in [1.165, 1.54) is 11.3 Å². The van der Waals surface area contributed by atoms with Crippen LogP contribution in [0.2, 0.25) is 0 Å². The molecular weight excluding hydrogens is 298 g/mol. The lowest BCUT2D eigenvalue weighted by atomic mass is 10.2. The summed E-state index contributed by atoms with van der Waals surface area (Å²) in [5.74, 6) is 0.671. The fourth-order valence-electron chi connectivity index (χ4n) is 1.39. The molecule has 3 amide bonds. The first-order valence-electron chi connectivity index (χ1n) is 6.13. The summed E-state index contributed by atoms with van der Waals surface area (Å²) < 4.78 is 0. The topological polar surface area (TPSA) is 110 Å². The molecule has 0 saturated heterocycles. The summed E-state index contributed by atoms with van der Waals surface area (Å²) in [5.41, 5.74) is 5.08. The summed E-state index contributed by atoms with van der Waals surface area (Å²) in [5, 5.41) is 14.3. The second kappa shape index (κ2) is 8.05. The lowest BCUT2D eigenvalue weighted by Gasteiger charge is -2.15. The molecule has 20 heavy (non-hydrogen) atoms. The Bertz CT molecular complexity index is 463. The molecule has 1 aromatic heterocycles. The highest BCUT2D eigenvalue weighted by molar-refractivity contribution is 7.98. The SMILES string of the molecule is CSCC[C@@H](NC(N)=O)C(=O)Nc1nnc(C(C)C)s1. The normalized spacial score (nSPS) is 12.2. The van der Waals surface area contributed by atoms with Crippen LogP contribution < -0.4 is 16.4 Å². The molecule has 0 fully saturated rings. The number of nitrogens with one attached hydrogen (secondary N) is 2. The number of amides is 3. The molecule has 7 nitrogen and oxygen atoms in total. The van der Waals surface area contributed by atoms with Gasteiger partial charge in [0.2, 0.25) is 11.0 Å². The van der Waals surface area contributed by atoms with Gasteiger partial charge in [0, 0.05) is 5.92 Å². The van der Waals surface area contributed by atoms with Gasteiger partial charge in [-0.15, -0.1) is 10.2 Å². The first-order chi connectivity index (χ1) is 9.43. The van der Waals surface area contributed by atoms with E-state index in [9.17, 15) is 9.59 Å². The number of carbonyl (C=O) groups excluding carboxylic acids is 2. The summed E-state index contributed by atoms with van der Waals surface area (Å²) in [6.45, 7) is 4.00. The summed E-state index contributed by atoms with van der Waals surface area (Å²) >= 11 is 2.92. The standard InChI is InChI=1S/C11H19N5O2S2/c1-6(2)9-15-16-11(20-9)14-8(17)7(4-5-19-3)13-10(12)18/h6-7H,4-5H2,1-3H3,(H3,12,13,18)(H,14,16,17)/t7-/m1/s1. The molecule has 1 aromatic rings. The van der Waals surface area contributed by atoms with Gasteiger partial charge >= 0.3 is 6.03 Å². The number of urea groups is 1. The van der Waals surface area contributed by atoms with Crippen LogP contribution in [0.4, 0.5) is 9.93 Å². The van der Waals surface area contributed by atoms with Crippen molar-refractivity contribution in [1.82, 2.24) is 15.5 Å². The van der Waals surface area contributed by atoms with Crippen molar-refractivity contribution in [1.29, 1.82) is 0 Å². The average Bonchev–Trinajstić information content (AvgIpc) is 2.82. The number of aromatic nitrogens is 2. The van der Waals surface area contributed by atoms with Crippen LogP contribution in [0.5, 0.6) is 0 Å². The van der Waals surface area contributed by atoms with Gasteiger partial charge in [-0.25, -0.2) is 4.79 Å². The van der Waals surface area contributed by atoms with Gasteiger partial charge in [-0.1, -0.05) is 25.2 Å². The van der Waals surface area contributed by atoms with E-state index in [0.717, 1.165) is 10.8 Å². The van der Waals surface area contributed by atoms with Crippen LogP contribution in [0.25, 0.3) is 0 Å². The van der Waals surface area contributed by atoms with Gasteiger partial charge in [0.25, 0.3) is 0 Å². The predicted molar refractivity (Wildman–Crippen MR) is 82.1 cm³/mol. The number of anilines is 1. The van der Waals surface area contributed by atoms with Crippen LogP contribution in [-0.4, -0.2) is 40.2 Å². The summed E-state index contributed by atoms with van der Waals surface area (Å²) in [4.78, 5) is 23.0. The van der Waals surface area contributed by atoms with Gasteiger partial charge in [-0.3, -0.25) is 10.1 Å². The first-order valence-corrected chi connectivity index (χ1v) is 8.34. The highest BCUT2D eigenvalue weighted by Crippen LogP contribution is 2.22. The smallest absolute Gasteiger partial charge is 0.312 e. The third kappa shape index (κ3) is 5.33. The van der Waals surface area contributed by atoms with Gasteiger partial charge in [-0.05, 0) is 18.4 Å². The lowest BCUT2D eigenvalue weighted by Crippen LogP contribution is -2.46. The van der Waals surface area contributed by atoms with Gasteiger partial charge in [0.1, 0.15) is 11.0 Å². The Labute approximate surface area is 126 Å². The van der Waals surface area contributed by atoms with Crippen molar-refractivity contribution in [2.24, 2.45) is 5.73 Å². The molecular formula is C11H19N5O2S2. The number of hydrogen-bond donors (Lipinski definition) is 3. The molecule has 0 aliphatic heterocycles. The third-order valence-electron chi connectivity index (χ3n) is 2.41. The maximum Gasteiger partial charge on any atom is 0.312 e. The van der Waals surface area contributed by atoms with Crippen molar-refractivity contribution in [2.75, 3.05) is 17.3 Å². The number of nitrogens with two attached hydrogens (primary N) is 1. The van der Waals surface area contributed by atoms with E-state index >= 15 is 0 Å². The number of thioether (sulfide) groups is 1. The molecule has 0 unspecified atom stereocenters. The molecule has 0 bridgehead atoms. The van der Waals surface area contributed by atoms with Crippen LogP contribution in [-0.2, 0) is 4.79 Å². The zero-order valence-corrected chi connectivity index (χ0v) is 13.3. The average molecular weight is 317 g/mol. The Hall–Kier alpha value is -1.35. The second-order valence-electron chi connectivity index (χ2n) is 4.43. The molecule has 0 aromatic carbocycles. The van der Waals surface area contributed by atoms with E-state index in [-0.39, 0.29) is 11.8 Å². The van der Waals surface area contributed by atoms with E-state index in [0.29, 0.717) is 11.6 Å². The van der Waals surface area contributed by atoms with Gasteiger partial charge < -0.3 is 11.1 Å². The fourth-order valence-corrected chi connectivity index (χ4v) is 2.61. The van der Waals surface area contributed by atoms with Crippen molar-refractivity contribution in [3.63, 3.8) is 0 Å². The Morgan fingerprint density at radius 2 is 2.10 bits per heavy atom. The second-order valence-corrected chi connectivity index (χ2v) is 6.43. The summed E-state index contributed by atoms with van der Waals surface area (Å²) in [6.07, 6.45) is 2.44. The minimum absolute atomic E-state index is 0.259. The number of nitrogens with zero attached hydrogens (tertiary/aromatic N) is 2. The quantitative estimate of drug-likeness (QED) is 0.704. The van der Waals surface area contributed by atoms with Crippen LogP contribution in [0.1, 0.15) is 31.2 Å². The lowest BCUT2D eigenvalue weighted by molar-refractivity contribution is -0.117. The maximum absolute atomic E-state index is 12.1. The number of primary amides is 1.